The van der Waals surface area contributed by atoms with Gasteiger partial charge in [0.25, 0.3) is 0 Å². The number of amides is 1. The first kappa shape index (κ1) is 9.97. The second kappa shape index (κ2) is 4.22. The van der Waals surface area contributed by atoms with E-state index in [1.807, 2.05) is 0 Å². The van der Waals surface area contributed by atoms with Gasteiger partial charge >= 0.3 is 5.97 Å². The molecule has 0 spiro atoms. The highest BCUT2D eigenvalue weighted by atomic mass is 16.4. The van der Waals surface area contributed by atoms with Crippen molar-refractivity contribution < 1.29 is 14.7 Å². The largest absolute Gasteiger partial charge is 0.477 e. The maximum absolute atomic E-state index is 11.0. The van der Waals surface area contributed by atoms with Crippen LogP contribution in [-0.2, 0) is 4.79 Å². The van der Waals surface area contributed by atoms with Crippen LogP contribution in [0.2, 0.25) is 0 Å². The quantitative estimate of drug-likeness (QED) is 0.616. The predicted octanol–water partition coefficient (Wildman–Crippen LogP) is 0.623. The summed E-state index contributed by atoms with van der Waals surface area (Å²) in [6, 6.07) is 0. The van der Waals surface area contributed by atoms with Crippen molar-refractivity contribution in [3.05, 3.63) is 23.9 Å². The Kier molecular flexibility index (Phi) is 3.01. The highest BCUT2D eigenvalue weighted by Crippen LogP contribution is 2.10. The van der Waals surface area contributed by atoms with E-state index >= 15 is 0 Å². The number of hydrogen-bond donors (Lipinski definition) is 3. The van der Waals surface area contributed by atoms with Crippen LogP contribution < -0.4 is 5.32 Å². The summed E-state index contributed by atoms with van der Waals surface area (Å²) in [4.78, 5) is 21.6. The van der Waals surface area contributed by atoms with E-state index in [4.69, 9.17) is 5.11 Å². The van der Waals surface area contributed by atoms with Crippen molar-refractivity contribution in [2.24, 2.45) is 0 Å². The van der Waals surface area contributed by atoms with E-state index in [1.54, 1.807) is 13.0 Å². The van der Waals surface area contributed by atoms with Crippen LogP contribution in [0.15, 0.2) is 18.3 Å². The first-order valence-corrected chi connectivity index (χ1v) is 3.85. The van der Waals surface area contributed by atoms with Crippen LogP contribution in [0.1, 0.15) is 17.3 Å². The van der Waals surface area contributed by atoms with Crippen LogP contribution in [0.25, 0.3) is 0 Å². The molecule has 6 nitrogen and oxygen atoms in total. The molecule has 1 aromatic rings. The Balaban J connectivity index is 2.81. The summed E-state index contributed by atoms with van der Waals surface area (Å²) < 4.78 is 0. The molecule has 3 N–H and O–H groups in total. The Labute approximate surface area is 79.6 Å². The zero-order valence-corrected chi connectivity index (χ0v) is 7.44. The van der Waals surface area contributed by atoms with Gasteiger partial charge in [0.05, 0.1) is 6.20 Å². The molecule has 0 saturated carbocycles. The highest BCUT2D eigenvalue weighted by Gasteiger charge is 2.12. The van der Waals surface area contributed by atoms with Gasteiger partial charge in [0.15, 0.2) is 0 Å². The highest BCUT2D eigenvalue weighted by molar-refractivity contribution is 6.03. The number of hydrogen-bond acceptors (Lipinski definition) is 3. The lowest BCUT2D eigenvalue weighted by molar-refractivity contribution is -0.111. The SMILES string of the molecule is C/C=C/C(=O)Nc1[nH]ncc1C(=O)O. The fraction of sp³-hybridized carbons (Fsp3) is 0.125. The molecule has 1 amide bonds. The minimum atomic E-state index is -1.14. The van der Waals surface area contributed by atoms with Gasteiger partial charge in [0, 0.05) is 0 Å². The lowest BCUT2D eigenvalue weighted by Gasteiger charge is -1.98. The molecule has 0 bridgehead atoms. The third-order valence-electron chi connectivity index (χ3n) is 1.44. The van der Waals surface area contributed by atoms with Gasteiger partial charge in [-0.1, -0.05) is 6.08 Å². The molecule has 6 heteroatoms. The summed E-state index contributed by atoms with van der Waals surface area (Å²) in [7, 11) is 0. The number of rotatable bonds is 3. The molecule has 0 aromatic carbocycles. The topological polar surface area (TPSA) is 95.1 Å². The Morgan fingerprint density at radius 1 is 1.64 bits per heavy atom. The van der Waals surface area contributed by atoms with Crippen molar-refractivity contribution in [3.63, 3.8) is 0 Å². The van der Waals surface area contributed by atoms with Gasteiger partial charge in [0.2, 0.25) is 5.91 Å². The second-order valence-electron chi connectivity index (χ2n) is 2.45. The lowest BCUT2D eigenvalue weighted by atomic mass is 10.3. The van der Waals surface area contributed by atoms with Crippen molar-refractivity contribution >= 4 is 17.7 Å². The van der Waals surface area contributed by atoms with Crippen molar-refractivity contribution in [1.82, 2.24) is 10.2 Å². The Morgan fingerprint density at radius 2 is 2.36 bits per heavy atom. The van der Waals surface area contributed by atoms with Gasteiger partial charge in [0.1, 0.15) is 11.4 Å². The van der Waals surface area contributed by atoms with Crippen LogP contribution >= 0.6 is 0 Å². The van der Waals surface area contributed by atoms with E-state index in [0.717, 1.165) is 6.20 Å². The van der Waals surface area contributed by atoms with Gasteiger partial charge in [-0.15, -0.1) is 0 Å². The molecule has 1 aromatic heterocycles. The number of carbonyl (C=O) groups is 2. The number of aromatic nitrogens is 2. The zero-order chi connectivity index (χ0) is 10.6. The lowest BCUT2D eigenvalue weighted by Crippen LogP contribution is -2.11. The van der Waals surface area contributed by atoms with Crippen molar-refractivity contribution in [1.29, 1.82) is 0 Å². The molecule has 0 saturated heterocycles. The third kappa shape index (κ3) is 2.19. The standard InChI is InChI=1S/C8H9N3O3/c1-2-3-6(12)10-7-5(8(13)14)4-9-11-7/h2-4H,1H3,(H,13,14)(H2,9,10,11,12)/b3-2+. The van der Waals surface area contributed by atoms with Crippen LogP contribution in [-0.4, -0.2) is 27.2 Å². The summed E-state index contributed by atoms with van der Waals surface area (Å²) in [5.41, 5.74) is -0.0668. The number of nitrogens with one attached hydrogen (secondary N) is 2. The number of H-pyrrole nitrogens is 1. The van der Waals surface area contributed by atoms with Crippen molar-refractivity contribution in [2.45, 2.75) is 6.92 Å². The minimum Gasteiger partial charge on any atom is -0.477 e. The van der Waals surface area contributed by atoms with E-state index < -0.39 is 11.9 Å². The number of anilines is 1. The molecule has 14 heavy (non-hydrogen) atoms. The molecule has 0 fully saturated rings. The maximum Gasteiger partial charge on any atom is 0.341 e. The van der Waals surface area contributed by atoms with E-state index in [2.05, 4.69) is 15.5 Å². The fourth-order valence-electron chi connectivity index (χ4n) is 0.860. The zero-order valence-electron chi connectivity index (χ0n) is 7.44. The first-order chi connectivity index (χ1) is 6.65. The van der Waals surface area contributed by atoms with Gasteiger partial charge in [-0.05, 0) is 13.0 Å². The number of allylic oxidation sites excluding steroid dienone is 1. The van der Waals surface area contributed by atoms with Crippen LogP contribution in [0.4, 0.5) is 5.82 Å². The first-order valence-electron chi connectivity index (χ1n) is 3.85. The van der Waals surface area contributed by atoms with Gasteiger partial charge in [-0.25, -0.2) is 4.79 Å². The molecule has 1 heterocycles. The monoisotopic (exact) mass is 195 g/mol. The average molecular weight is 195 g/mol. The number of aromatic amines is 1. The fourth-order valence-corrected chi connectivity index (χ4v) is 0.860. The summed E-state index contributed by atoms with van der Waals surface area (Å²) in [6.45, 7) is 1.69. The summed E-state index contributed by atoms with van der Waals surface area (Å²) in [5, 5.41) is 16.9. The number of carboxylic acid groups (broad SMARTS) is 1. The molecular formula is C8H9N3O3. The molecule has 0 radical (unpaired) electrons. The second-order valence-corrected chi connectivity index (χ2v) is 2.45. The van der Waals surface area contributed by atoms with Crippen molar-refractivity contribution in [3.8, 4) is 0 Å². The summed E-state index contributed by atoms with van der Waals surface area (Å²) in [6.07, 6.45) is 3.96. The Bertz CT molecular complexity index is 381. The smallest absolute Gasteiger partial charge is 0.341 e. The third-order valence-corrected chi connectivity index (χ3v) is 1.44. The molecule has 1 rings (SSSR count). The van der Waals surface area contributed by atoms with Gasteiger partial charge in [-0.3, -0.25) is 9.89 Å². The number of nitrogens with zero attached hydrogens (tertiary/aromatic N) is 1. The van der Waals surface area contributed by atoms with Crippen molar-refractivity contribution in [2.75, 3.05) is 5.32 Å². The van der Waals surface area contributed by atoms with E-state index in [0.29, 0.717) is 0 Å². The molecule has 0 aliphatic rings. The Morgan fingerprint density at radius 3 is 2.93 bits per heavy atom. The van der Waals surface area contributed by atoms with Crippen LogP contribution in [0.5, 0.6) is 0 Å². The van der Waals surface area contributed by atoms with Crippen LogP contribution in [0, 0.1) is 0 Å². The van der Waals surface area contributed by atoms with Crippen LogP contribution in [0.3, 0.4) is 0 Å². The molecular weight excluding hydrogens is 186 g/mol. The van der Waals surface area contributed by atoms with E-state index in [1.165, 1.54) is 6.08 Å². The molecule has 74 valence electrons. The van der Waals surface area contributed by atoms with Gasteiger partial charge < -0.3 is 10.4 Å². The molecule has 0 aliphatic heterocycles. The molecule has 0 atom stereocenters. The van der Waals surface area contributed by atoms with E-state index in [9.17, 15) is 9.59 Å². The number of carbonyl (C=O) groups excluding carboxylic acids is 1. The Hall–Kier alpha value is -2.11. The normalized spacial score (nSPS) is 10.4. The number of aromatic carboxylic acids is 1. The maximum atomic E-state index is 11.0. The predicted molar refractivity (Wildman–Crippen MR) is 49.0 cm³/mol. The average Bonchev–Trinajstić information content (AvgIpc) is 2.52. The molecule has 0 aliphatic carbocycles. The number of carboxylic acids is 1. The molecule has 0 unspecified atom stereocenters. The minimum absolute atomic E-state index is 0.0668. The summed E-state index contributed by atoms with van der Waals surface area (Å²) in [5.74, 6) is -1.46. The van der Waals surface area contributed by atoms with E-state index in [-0.39, 0.29) is 11.4 Å². The van der Waals surface area contributed by atoms with Gasteiger partial charge in [-0.2, -0.15) is 5.10 Å². The summed E-state index contributed by atoms with van der Waals surface area (Å²) >= 11 is 0.